The molecule has 0 saturated heterocycles. The van der Waals surface area contributed by atoms with Crippen LogP contribution in [0, 0.1) is 4.77 Å². The Kier molecular flexibility index (Phi) is 5.20. The maximum atomic E-state index is 12.9. The Bertz CT molecular complexity index is 1250. The van der Waals surface area contributed by atoms with E-state index in [9.17, 15) is 9.59 Å². The molecule has 0 aliphatic carbocycles. The molecule has 8 nitrogen and oxygen atoms in total. The molecule has 4 heterocycles. The van der Waals surface area contributed by atoms with Crippen molar-refractivity contribution in [1.29, 1.82) is 0 Å². The Labute approximate surface area is 172 Å². The number of fused-ring (bicyclic) bond motifs is 1. The molecule has 11 heteroatoms. The maximum Gasteiger partial charge on any atom is 0.263 e. The summed E-state index contributed by atoms with van der Waals surface area (Å²) in [5.41, 5.74) is 0.641. The first-order valence-corrected chi connectivity index (χ1v) is 10.7. The van der Waals surface area contributed by atoms with Crippen LogP contribution >= 0.6 is 34.9 Å². The van der Waals surface area contributed by atoms with Gasteiger partial charge in [0.2, 0.25) is 5.91 Å². The van der Waals surface area contributed by atoms with Crippen LogP contribution in [0.3, 0.4) is 0 Å². The van der Waals surface area contributed by atoms with Gasteiger partial charge in [-0.3, -0.25) is 19.3 Å². The van der Waals surface area contributed by atoms with Gasteiger partial charge in [-0.25, -0.2) is 4.98 Å². The average molecular weight is 433 g/mol. The van der Waals surface area contributed by atoms with Gasteiger partial charge in [-0.05, 0) is 30.6 Å². The highest BCUT2D eigenvalue weighted by Crippen LogP contribution is 2.33. The summed E-state index contributed by atoms with van der Waals surface area (Å²) in [7, 11) is 0. The lowest BCUT2D eigenvalue weighted by Gasteiger charge is -2.08. The van der Waals surface area contributed by atoms with Crippen molar-refractivity contribution in [3.8, 4) is 10.4 Å². The fraction of sp³-hybridized carbons (Fsp3) is 0.235. The van der Waals surface area contributed by atoms with Crippen LogP contribution in [-0.4, -0.2) is 30.2 Å². The third-order valence-corrected chi connectivity index (χ3v) is 6.36. The van der Waals surface area contributed by atoms with Gasteiger partial charge in [0, 0.05) is 22.4 Å². The molecular weight excluding hydrogens is 416 g/mol. The van der Waals surface area contributed by atoms with E-state index in [2.05, 4.69) is 20.5 Å². The van der Waals surface area contributed by atoms with Crippen LogP contribution in [0.2, 0.25) is 0 Å². The molecule has 0 fully saturated rings. The first-order chi connectivity index (χ1) is 13.6. The maximum absolute atomic E-state index is 12.9. The van der Waals surface area contributed by atoms with E-state index in [1.807, 2.05) is 29.8 Å². The molecule has 0 atom stereocenters. The molecule has 0 aliphatic rings. The number of H-pyrrole nitrogens is 1. The first kappa shape index (κ1) is 18.7. The lowest BCUT2D eigenvalue weighted by atomic mass is 10.2. The second kappa shape index (κ2) is 7.78. The SMILES string of the molecule is CCn1c(CNC(=O)Cn2cnc3scc(-c4cccs4)c3c2=O)n[nH]c1=S. The molecule has 4 rings (SSSR count). The fourth-order valence-electron chi connectivity index (χ4n) is 2.89. The van der Waals surface area contributed by atoms with Crippen LogP contribution in [0.15, 0.2) is 34.0 Å². The number of carbonyl (C=O) groups is 1. The third kappa shape index (κ3) is 3.43. The number of nitrogens with zero attached hydrogens (tertiary/aromatic N) is 4. The fourth-order valence-corrected chi connectivity index (χ4v) is 4.89. The number of rotatable bonds is 6. The zero-order chi connectivity index (χ0) is 19.7. The van der Waals surface area contributed by atoms with E-state index in [1.54, 1.807) is 15.9 Å². The molecule has 0 spiro atoms. The first-order valence-electron chi connectivity index (χ1n) is 8.49. The number of aromatic amines is 1. The highest BCUT2D eigenvalue weighted by molar-refractivity contribution is 7.71. The van der Waals surface area contributed by atoms with Gasteiger partial charge in [-0.1, -0.05) is 6.07 Å². The topological polar surface area (TPSA) is 97.6 Å². The minimum absolute atomic E-state index is 0.112. The van der Waals surface area contributed by atoms with Gasteiger partial charge >= 0.3 is 0 Å². The van der Waals surface area contributed by atoms with Crippen molar-refractivity contribution in [1.82, 2.24) is 29.6 Å². The largest absolute Gasteiger partial charge is 0.347 e. The number of hydrogen-bond acceptors (Lipinski definition) is 7. The van der Waals surface area contributed by atoms with Crippen molar-refractivity contribution in [2.45, 2.75) is 26.6 Å². The second-order valence-electron chi connectivity index (χ2n) is 5.95. The second-order valence-corrected chi connectivity index (χ2v) is 8.14. The number of carbonyl (C=O) groups excluding carboxylic acids is 1. The van der Waals surface area contributed by atoms with E-state index < -0.39 is 0 Å². The summed E-state index contributed by atoms with van der Waals surface area (Å²) in [5, 5.41) is 14.0. The van der Waals surface area contributed by atoms with E-state index in [-0.39, 0.29) is 24.6 Å². The predicted molar refractivity (Wildman–Crippen MR) is 112 cm³/mol. The predicted octanol–water partition coefficient (Wildman–Crippen LogP) is 2.78. The smallest absolute Gasteiger partial charge is 0.263 e. The van der Waals surface area contributed by atoms with Crippen LogP contribution in [0.25, 0.3) is 20.7 Å². The zero-order valence-electron chi connectivity index (χ0n) is 14.8. The van der Waals surface area contributed by atoms with Crippen LogP contribution in [0.4, 0.5) is 0 Å². The summed E-state index contributed by atoms with van der Waals surface area (Å²) in [4.78, 5) is 31.3. The molecule has 0 bridgehead atoms. The van der Waals surface area contributed by atoms with E-state index >= 15 is 0 Å². The van der Waals surface area contributed by atoms with Crippen molar-refractivity contribution in [2.75, 3.05) is 0 Å². The number of thiophene rings is 2. The summed E-state index contributed by atoms with van der Waals surface area (Å²) in [6, 6.07) is 3.91. The molecule has 2 N–H and O–H groups in total. The summed E-state index contributed by atoms with van der Waals surface area (Å²) < 4.78 is 3.64. The van der Waals surface area contributed by atoms with Crippen LogP contribution in [0.5, 0.6) is 0 Å². The zero-order valence-corrected chi connectivity index (χ0v) is 17.3. The molecule has 0 aromatic carbocycles. The quantitative estimate of drug-likeness (QED) is 0.457. The Morgan fingerprint density at radius 1 is 1.39 bits per heavy atom. The summed E-state index contributed by atoms with van der Waals surface area (Å²) >= 11 is 8.13. The number of hydrogen-bond donors (Lipinski definition) is 2. The van der Waals surface area contributed by atoms with Gasteiger partial charge in [0.05, 0.1) is 18.3 Å². The van der Waals surface area contributed by atoms with E-state index in [1.165, 1.54) is 22.2 Å². The molecule has 4 aromatic rings. The van der Waals surface area contributed by atoms with E-state index in [0.717, 1.165) is 10.4 Å². The standard InChI is InChI=1S/C17H16N6O2S3/c1-2-23-12(20-21-17(23)26)6-18-13(24)7-22-9-19-15-14(16(22)25)10(8-28-15)11-4-3-5-27-11/h3-5,8-9H,2,6-7H2,1H3,(H,18,24)(H,21,26). The van der Waals surface area contributed by atoms with E-state index in [4.69, 9.17) is 12.2 Å². The Hall–Kier alpha value is -2.63. The van der Waals surface area contributed by atoms with Crippen molar-refractivity contribution in [3.05, 3.63) is 50.2 Å². The normalized spacial score (nSPS) is 11.2. The van der Waals surface area contributed by atoms with Gasteiger partial charge in [-0.15, -0.1) is 22.7 Å². The van der Waals surface area contributed by atoms with Crippen LogP contribution < -0.4 is 10.9 Å². The minimum atomic E-state index is -0.298. The summed E-state index contributed by atoms with van der Waals surface area (Å²) in [5.74, 6) is 0.340. The molecule has 1 amide bonds. The highest BCUT2D eigenvalue weighted by Gasteiger charge is 2.15. The van der Waals surface area contributed by atoms with Crippen molar-refractivity contribution < 1.29 is 4.79 Å². The van der Waals surface area contributed by atoms with Gasteiger partial charge in [0.25, 0.3) is 5.56 Å². The summed E-state index contributed by atoms with van der Waals surface area (Å²) in [6.07, 6.45) is 1.42. The van der Waals surface area contributed by atoms with E-state index in [0.29, 0.717) is 27.4 Å². The van der Waals surface area contributed by atoms with Crippen LogP contribution in [-0.2, 0) is 24.4 Å². The van der Waals surface area contributed by atoms with Gasteiger partial charge < -0.3 is 9.88 Å². The molecular formula is C17H16N6O2S3. The Balaban J connectivity index is 1.55. The Morgan fingerprint density at radius 2 is 2.25 bits per heavy atom. The number of nitrogens with one attached hydrogen (secondary N) is 2. The average Bonchev–Trinajstić information content (AvgIpc) is 3.41. The molecule has 0 radical (unpaired) electrons. The van der Waals surface area contributed by atoms with Crippen LogP contribution in [0.1, 0.15) is 12.7 Å². The molecule has 0 unspecified atom stereocenters. The molecule has 0 aliphatic heterocycles. The third-order valence-electron chi connectivity index (χ3n) is 4.26. The van der Waals surface area contributed by atoms with Crippen molar-refractivity contribution >= 4 is 51.0 Å². The lowest BCUT2D eigenvalue weighted by Crippen LogP contribution is -2.32. The number of amides is 1. The summed E-state index contributed by atoms with van der Waals surface area (Å²) in [6.45, 7) is 2.72. The van der Waals surface area contributed by atoms with Crippen molar-refractivity contribution in [3.63, 3.8) is 0 Å². The van der Waals surface area contributed by atoms with Crippen molar-refractivity contribution in [2.24, 2.45) is 0 Å². The minimum Gasteiger partial charge on any atom is -0.347 e. The molecule has 144 valence electrons. The van der Waals surface area contributed by atoms with Gasteiger partial charge in [0.1, 0.15) is 11.4 Å². The van der Waals surface area contributed by atoms with Gasteiger partial charge in [-0.2, -0.15) is 5.10 Å². The Morgan fingerprint density at radius 3 is 3.00 bits per heavy atom. The monoisotopic (exact) mass is 432 g/mol. The molecule has 4 aromatic heterocycles. The number of aromatic nitrogens is 5. The molecule has 0 saturated carbocycles. The van der Waals surface area contributed by atoms with Gasteiger partial charge in [0.15, 0.2) is 10.6 Å². The lowest BCUT2D eigenvalue weighted by molar-refractivity contribution is -0.121. The molecule has 28 heavy (non-hydrogen) atoms. The highest BCUT2D eigenvalue weighted by atomic mass is 32.1.